The molecular formula is C17H18N2O3. The second-order valence-corrected chi connectivity index (χ2v) is 5.32. The summed E-state index contributed by atoms with van der Waals surface area (Å²) >= 11 is 0. The van der Waals surface area contributed by atoms with Gasteiger partial charge < -0.3 is 5.32 Å². The van der Waals surface area contributed by atoms with Gasteiger partial charge >= 0.3 is 0 Å². The van der Waals surface area contributed by atoms with Crippen LogP contribution in [0.3, 0.4) is 0 Å². The number of carbonyl (C=O) groups is 1. The molecule has 0 saturated carbocycles. The average Bonchev–Trinajstić information content (AvgIpc) is 2.50. The van der Waals surface area contributed by atoms with Gasteiger partial charge in [-0.25, -0.2) is 0 Å². The third kappa shape index (κ3) is 3.91. The Morgan fingerprint density at radius 2 is 1.91 bits per heavy atom. The van der Waals surface area contributed by atoms with E-state index in [1.165, 1.54) is 12.1 Å². The molecule has 2 aromatic rings. The molecule has 5 heteroatoms. The number of benzene rings is 2. The van der Waals surface area contributed by atoms with Crippen molar-refractivity contribution in [3.63, 3.8) is 0 Å². The Labute approximate surface area is 129 Å². The van der Waals surface area contributed by atoms with Crippen LogP contribution in [-0.2, 0) is 4.79 Å². The molecular weight excluding hydrogens is 280 g/mol. The van der Waals surface area contributed by atoms with Crippen molar-refractivity contribution in [1.29, 1.82) is 0 Å². The maximum atomic E-state index is 12.1. The monoisotopic (exact) mass is 298 g/mol. The van der Waals surface area contributed by atoms with Crippen LogP contribution >= 0.6 is 0 Å². The number of hydrogen-bond acceptors (Lipinski definition) is 3. The maximum absolute atomic E-state index is 12.1. The van der Waals surface area contributed by atoms with Crippen LogP contribution in [0.1, 0.15) is 30.4 Å². The molecule has 2 rings (SSSR count). The van der Waals surface area contributed by atoms with Crippen molar-refractivity contribution in [1.82, 2.24) is 0 Å². The van der Waals surface area contributed by atoms with Crippen LogP contribution in [0.15, 0.2) is 48.5 Å². The molecule has 1 amide bonds. The minimum atomic E-state index is -0.471. The number of nitrogens with zero attached hydrogens (tertiary/aromatic N) is 1. The first-order valence-corrected chi connectivity index (χ1v) is 7.07. The zero-order valence-corrected chi connectivity index (χ0v) is 12.6. The average molecular weight is 298 g/mol. The molecule has 0 unspecified atom stereocenters. The number of amides is 1. The first-order chi connectivity index (χ1) is 10.5. The molecule has 0 spiro atoms. The second-order valence-electron chi connectivity index (χ2n) is 5.32. The fraction of sp³-hybridized carbons (Fsp3) is 0.235. The fourth-order valence-corrected chi connectivity index (χ4v) is 2.24. The Hall–Kier alpha value is -2.69. The number of rotatable bonds is 5. The third-order valence-electron chi connectivity index (χ3n) is 3.57. The number of nitro groups is 1. The predicted octanol–water partition coefficient (Wildman–Crippen LogP) is 4.04. The first kappa shape index (κ1) is 15.7. The molecule has 1 N–H and O–H groups in total. The lowest BCUT2D eigenvalue weighted by Crippen LogP contribution is -2.15. The number of aryl methyl sites for hydroxylation is 1. The molecule has 0 aromatic heterocycles. The summed E-state index contributed by atoms with van der Waals surface area (Å²) in [5.74, 6) is -0.0693. The Morgan fingerprint density at radius 3 is 2.55 bits per heavy atom. The minimum Gasteiger partial charge on any atom is -0.326 e. The molecule has 114 valence electrons. The fourth-order valence-electron chi connectivity index (χ4n) is 2.24. The number of nitrogens with one attached hydrogen (secondary N) is 1. The number of nitro benzene ring substituents is 1. The second kappa shape index (κ2) is 6.85. The lowest BCUT2D eigenvalue weighted by molar-refractivity contribution is -0.384. The van der Waals surface area contributed by atoms with Crippen molar-refractivity contribution in [2.45, 2.75) is 26.2 Å². The first-order valence-electron chi connectivity index (χ1n) is 7.07. The van der Waals surface area contributed by atoms with Gasteiger partial charge in [-0.3, -0.25) is 14.9 Å². The summed E-state index contributed by atoms with van der Waals surface area (Å²) in [4.78, 5) is 22.5. The molecule has 0 bridgehead atoms. The van der Waals surface area contributed by atoms with Crippen LogP contribution in [-0.4, -0.2) is 10.8 Å². The molecule has 1 atom stereocenters. The lowest BCUT2D eigenvalue weighted by atomic mass is 9.97. The zero-order valence-electron chi connectivity index (χ0n) is 12.6. The molecule has 0 heterocycles. The van der Waals surface area contributed by atoms with E-state index < -0.39 is 4.92 Å². The van der Waals surface area contributed by atoms with Gasteiger partial charge in [-0.05, 0) is 24.0 Å². The smallest absolute Gasteiger partial charge is 0.271 e. The van der Waals surface area contributed by atoms with Crippen LogP contribution in [0.2, 0.25) is 0 Å². The standard InChI is InChI=1S/C17H18N2O3/c1-12-8-9-15(19(21)22)11-16(12)18-17(20)10-13(2)14-6-4-3-5-7-14/h3-9,11,13H,10H2,1-2H3,(H,18,20)/t13-/m0/s1. The van der Waals surface area contributed by atoms with Gasteiger partial charge in [0.1, 0.15) is 0 Å². The van der Waals surface area contributed by atoms with Gasteiger partial charge in [-0.1, -0.05) is 43.3 Å². The highest BCUT2D eigenvalue weighted by molar-refractivity contribution is 5.92. The maximum Gasteiger partial charge on any atom is 0.271 e. The van der Waals surface area contributed by atoms with E-state index in [0.717, 1.165) is 11.1 Å². The van der Waals surface area contributed by atoms with E-state index in [2.05, 4.69) is 5.32 Å². The van der Waals surface area contributed by atoms with Crippen LogP contribution in [0.5, 0.6) is 0 Å². The highest BCUT2D eigenvalue weighted by Crippen LogP contribution is 2.24. The summed E-state index contributed by atoms with van der Waals surface area (Å²) in [6.07, 6.45) is 0.326. The van der Waals surface area contributed by atoms with E-state index in [9.17, 15) is 14.9 Å². The van der Waals surface area contributed by atoms with Crippen LogP contribution in [0.4, 0.5) is 11.4 Å². The van der Waals surface area contributed by atoms with E-state index >= 15 is 0 Å². The summed E-state index contributed by atoms with van der Waals surface area (Å²) in [6, 6.07) is 14.2. The molecule has 0 aliphatic rings. The summed E-state index contributed by atoms with van der Waals surface area (Å²) in [5.41, 5.74) is 2.34. The summed E-state index contributed by atoms with van der Waals surface area (Å²) in [7, 11) is 0. The van der Waals surface area contributed by atoms with Crippen molar-refractivity contribution >= 4 is 17.3 Å². The molecule has 0 aliphatic heterocycles. The Bertz CT molecular complexity index is 684. The van der Waals surface area contributed by atoms with E-state index in [1.807, 2.05) is 37.3 Å². The number of non-ortho nitro benzene ring substituents is 1. The van der Waals surface area contributed by atoms with Crippen molar-refractivity contribution in [2.75, 3.05) is 5.32 Å². The van der Waals surface area contributed by atoms with E-state index in [0.29, 0.717) is 12.1 Å². The highest BCUT2D eigenvalue weighted by Gasteiger charge is 2.14. The number of carbonyl (C=O) groups excluding carboxylic acids is 1. The molecule has 2 aromatic carbocycles. The van der Waals surface area contributed by atoms with Crippen LogP contribution < -0.4 is 5.32 Å². The molecule has 0 aliphatic carbocycles. The SMILES string of the molecule is Cc1ccc([N+](=O)[O-])cc1NC(=O)C[C@H](C)c1ccccc1. The van der Waals surface area contributed by atoms with Crippen molar-refractivity contribution in [3.05, 3.63) is 69.8 Å². The molecule has 5 nitrogen and oxygen atoms in total. The van der Waals surface area contributed by atoms with Crippen LogP contribution in [0, 0.1) is 17.0 Å². The molecule has 0 saturated heterocycles. The van der Waals surface area contributed by atoms with Gasteiger partial charge in [0.05, 0.1) is 10.6 Å². The van der Waals surface area contributed by atoms with Crippen molar-refractivity contribution in [3.8, 4) is 0 Å². The topological polar surface area (TPSA) is 72.2 Å². The number of hydrogen-bond donors (Lipinski definition) is 1. The highest BCUT2D eigenvalue weighted by atomic mass is 16.6. The van der Waals surface area contributed by atoms with Crippen molar-refractivity contribution in [2.24, 2.45) is 0 Å². The normalized spacial score (nSPS) is 11.7. The largest absolute Gasteiger partial charge is 0.326 e. The van der Waals surface area contributed by atoms with Gasteiger partial charge in [0.25, 0.3) is 5.69 Å². The van der Waals surface area contributed by atoms with E-state index in [1.54, 1.807) is 13.0 Å². The molecule has 0 fully saturated rings. The van der Waals surface area contributed by atoms with E-state index in [4.69, 9.17) is 0 Å². The van der Waals surface area contributed by atoms with Gasteiger partial charge in [0.2, 0.25) is 5.91 Å². The van der Waals surface area contributed by atoms with Gasteiger partial charge in [-0.15, -0.1) is 0 Å². The molecule has 0 radical (unpaired) electrons. The van der Waals surface area contributed by atoms with Crippen molar-refractivity contribution < 1.29 is 9.72 Å². The Morgan fingerprint density at radius 1 is 1.23 bits per heavy atom. The Kier molecular flexibility index (Phi) is 4.88. The van der Waals surface area contributed by atoms with E-state index in [-0.39, 0.29) is 17.5 Å². The lowest BCUT2D eigenvalue weighted by Gasteiger charge is -2.13. The zero-order chi connectivity index (χ0) is 16.1. The van der Waals surface area contributed by atoms with Gasteiger partial charge in [0, 0.05) is 18.6 Å². The van der Waals surface area contributed by atoms with Gasteiger partial charge in [-0.2, -0.15) is 0 Å². The Balaban J connectivity index is 2.06. The summed E-state index contributed by atoms with van der Waals surface area (Å²) < 4.78 is 0. The van der Waals surface area contributed by atoms with Crippen LogP contribution in [0.25, 0.3) is 0 Å². The third-order valence-corrected chi connectivity index (χ3v) is 3.57. The quantitative estimate of drug-likeness (QED) is 0.669. The number of anilines is 1. The van der Waals surface area contributed by atoms with Gasteiger partial charge in [0.15, 0.2) is 0 Å². The predicted molar refractivity (Wildman–Crippen MR) is 85.9 cm³/mol. The summed E-state index contributed by atoms with van der Waals surface area (Å²) in [5, 5.41) is 13.6. The molecule has 22 heavy (non-hydrogen) atoms. The minimum absolute atomic E-state index is 0.0305. The summed E-state index contributed by atoms with van der Waals surface area (Å²) in [6.45, 7) is 3.79.